The Balaban J connectivity index is 1.22. The number of hydrogen-bond acceptors (Lipinski definition) is 6. The first kappa shape index (κ1) is 31.4. The van der Waals surface area contributed by atoms with Crippen molar-refractivity contribution < 1.29 is 23.1 Å². The largest absolute Gasteiger partial charge is 0.477 e. The number of urea groups is 1. The van der Waals surface area contributed by atoms with Crippen LogP contribution in [0.5, 0.6) is 0 Å². The molecule has 2 amide bonds. The van der Waals surface area contributed by atoms with Gasteiger partial charge in [-0.3, -0.25) is 5.32 Å². The number of benzene rings is 2. The van der Waals surface area contributed by atoms with Crippen molar-refractivity contribution in [2.45, 2.75) is 57.3 Å². The number of nitrogens with one attached hydrogen (secondary N) is 2. The third kappa shape index (κ3) is 7.03. The van der Waals surface area contributed by atoms with Gasteiger partial charge in [0.05, 0.1) is 11.4 Å². The smallest absolute Gasteiger partial charge is 0.347 e. The zero-order valence-electron chi connectivity index (χ0n) is 25.2. The average Bonchev–Trinajstić information content (AvgIpc) is 3.63. The number of carboxylic acids is 1. The standard InChI is InChI=1S/C32H37N5O5S2/c1-21-8-10-25(11-9-21)37-28(20-27(35-37)32(2,3)4)34-31(40)33-24-7-5-6-23(19-24)18-22-12-15-36(16-13-22)44(41,42)26-14-17-43-29(26)30(38)39/h5-11,14,17,19-20,22H,12-13,15-16,18H2,1-4H3,(H,38,39)(H2,33,34,40). The molecule has 5 rings (SSSR count). The number of amides is 2. The van der Waals surface area contributed by atoms with Crippen LogP contribution in [0.3, 0.4) is 0 Å². The molecule has 3 N–H and O–H groups in total. The van der Waals surface area contributed by atoms with Crippen molar-refractivity contribution in [1.82, 2.24) is 14.1 Å². The molecule has 10 nitrogen and oxygen atoms in total. The molecule has 1 fully saturated rings. The molecular formula is C32H37N5O5S2. The second-order valence-corrected chi connectivity index (χ2v) is 15.0. The summed E-state index contributed by atoms with van der Waals surface area (Å²) in [6, 6.07) is 18.5. The summed E-state index contributed by atoms with van der Waals surface area (Å²) in [6.45, 7) is 8.90. The fourth-order valence-electron chi connectivity index (χ4n) is 5.26. The zero-order valence-corrected chi connectivity index (χ0v) is 26.8. The lowest BCUT2D eigenvalue weighted by molar-refractivity contribution is 0.0698. The van der Waals surface area contributed by atoms with Crippen LogP contribution in [0.25, 0.3) is 5.69 Å². The van der Waals surface area contributed by atoms with Gasteiger partial charge >= 0.3 is 12.0 Å². The summed E-state index contributed by atoms with van der Waals surface area (Å²) in [6.07, 6.45) is 2.05. The van der Waals surface area contributed by atoms with E-state index in [2.05, 4.69) is 31.4 Å². The number of aromatic carboxylic acids is 1. The van der Waals surface area contributed by atoms with Crippen LogP contribution in [0.1, 0.15) is 60.1 Å². The first-order valence-electron chi connectivity index (χ1n) is 14.5. The normalized spacial score (nSPS) is 14.8. The maximum atomic E-state index is 13.1. The van der Waals surface area contributed by atoms with Crippen molar-refractivity contribution in [3.63, 3.8) is 0 Å². The van der Waals surface area contributed by atoms with E-state index in [1.165, 1.54) is 15.8 Å². The third-order valence-electron chi connectivity index (χ3n) is 7.72. The number of aryl methyl sites for hydroxylation is 1. The third-order valence-corrected chi connectivity index (χ3v) is 10.7. The predicted molar refractivity (Wildman–Crippen MR) is 173 cm³/mol. The number of rotatable bonds is 8. The number of thiophene rings is 1. The van der Waals surface area contributed by atoms with Gasteiger partial charge in [0.2, 0.25) is 10.0 Å². The molecule has 0 unspecified atom stereocenters. The number of carbonyl (C=O) groups is 2. The topological polar surface area (TPSA) is 134 Å². The molecule has 1 saturated heterocycles. The van der Waals surface area contributed by atoms with Crippen LogP contribution < -0.4 is 10.6 Å². The minimum atomic E-state index is -3.86. The van der Waals surface area contributed by atoms with Crippen LogP contribution in [0.4, 0.5) is 16.3 Å². The Bertz CT molecular complexity index is 1760. The molecule has 0 radical (unpaired) electrons. The van der Waals surface area contributed by atoms with Gasteiger partial charge in [-0.2, -0.15) is 9.40 Å². The number of carboxylic acid groups (broad SMARTS) is 1. The lowest BCUT2D eigenvalue weighted by Gasteiger charge is -2.31. The molecule has 232 valence electrons. The summed E-state index contributed by atoms with van der Waals surface area (Å²) in [5.74, 6) is -0.416. The van der Waals surface area contributed by atoms with Gasteiger partial charge in [0.15, 0.2) is 0 Å². The van der Waals surface area contributed by atoms with Crippen molar-refractivity contribution in [3.8, 4) is 5.69 Å². The number of carbonyl (C=O) groups excluding carboxylic acids is 1. The number of anilines is 2. The van der Waals surface area contributed by atoms with Crippen molar-refractivity contribution in [3.05, 3.63) is 87.7 Å². The molecule has 0 atom stereocenters. The Labute approximate surface area is 261 Å². The van der Waals surface area contributed by atoms with Crippen molar-refractivity contribution in [2.75, 3.05) is 23.7 Å². The highest BCUT2D eigenvalue weighted by Gasteiger charge is 2.33. The molecule has 0 aliphatic carbocycles. The maximum absolute atomic E-state index is 13.1. The molecule has 0 saturated carbocycles. The molecule has 0 spiro atoms. The summed E-state index contributed by atoms with van der Waals surface area (Å²) < 4.78 is 29.3. The molecule has 1 aliphatic heterocycles. The Morgan fingerprint density at radius 3 is 2.39 bits per heavy atom. The van der Waals surface area contributed by atoms with E-state index < -0.39 is 16.0 Å². The van der Waals surface area contributed by atoms with Gasteiger partial charge in [-0.05, 0) is 73.4 Å². The lowest BCUT2D eigenvalue weighted by atomic mass is 9.91. The minimum Gasteiger partial charge on any atom is -0.477 e. The van der Waals surface area contributed by atoms with E-state index in [1.54, 1.807) is 4.68 Å². The van der Waals surface area contributed by atoms with Crippen LogP contribution in [0.15, 0.2) is 70.9 Å². The minimum absolute atomic E-state index is 0.137. The van der Waals surface area contributed by atoms with E-state index in [1.807, 2.05) is 61.5 Å². The van der Waals surface area contributed by atoms with Crippen LogP contribution in [0.2, 0.25) is 0 Å². The highest BCUT2D eigenvalue weighted by atomic mass is 32.2. The van der Waals surface area contributed by atoms with Crippen LogP contribution in [-0.2, 0) is 21.9 Å². The van der Waals surface area contributed by atoms with E-state index >= 15 is 0 Å². The highest BCUT2D eigenvalue weighted by Crippen LogP contribution is 2.31. The van der Waals surface area contributed by atoms with Gasteiger partial charge in [-0.25, -0.2) is 22.7 Å². The maximum Gasteiger partial charge on any atom is 0.347 e. The second-order valence-electron chi connectivity index (χ2n) is 12.2. The number of nitrogens with zero attached hydrogens (tertiary/aromatic N) is 3. The number of aromatic nitrogens is 2. The molecule has 12 heteroatoms. The molecule has 0 bridgehead atoms. The van der Waals surface area contributed by atoms with Gasteiger partial charge in [-0.15, -0.1) is 11.3 Å². The first-order valence-corrected chi connectivity index (χ1v) is 16.8. The van der Waals surface area contributed by atoms with E-state index in [-0.39, 0.29) is 27.1 Å². The Kier molecular flexibility index (Phi) is 8.96. The van der Waals surface area contributed by atoms with E-state index in [0.29, 0.717) is 37.4 Å². The summed E-state index contributed by atoms with van der Waals surface area (Å²) >= 11 is 0.914. The Morgan fingerprint density at radius 2 is 1.73 bits per heavy atom. The van der Waals surface area contributed by atoms with Gasteiger partial charge in [0.25, 0.3) is 0 Å². The van der Waals surface area contributed by atoms with Gasteiger partial charge in [-0.1, -0.05) is 50.6 Å². The Hall–Kier alpha value is -4.00. The molecule has 1 aliphatic rings. The van der Waals surface area contributed by atoms with Crippen LogP contribution in [-0.4, -0.2) is 52.7 Å². The first-order chi connectivity index (χ1) is 20.8. The SMILES string of the molecule is Cc1ccc(-n2nc(C(C)(C)C)cc2NC(=O)Nc2cccc(CC3CCN(S(=O)(=O)c4ccsc4C(=O)O)CC3)c2)cc1. The van der Waals surface area contributed by atoms with Crippen LogP contribution in [0, 0.1) is 12.8 Å². The summed E-state index contributed by atoms with van der Waals surface area (Å²) in [5.41, 5.74) is 4.31. The van der Waals surface area contributed by atoms with Gasteiger partial charge in [0.1, 0.15) is 15.6 Å². The van der Waals surface area contributed by atoms with Crippen molar-refractivity contribution in [1.29, 1.82) is 0 Å². The van der Waals surface area contributed by atoms with E-state index in [9.17, 15) is 23.1 Å². The monoisotopic (exact) mass is 635 g/mol. The fraction of sp³-hybridized carbons (Fsp3) is 0.344. The highest BCUT2D eigenvalue weighted by molar-refractivity contribution is 7.89. The summed E-state index contributed by atoms with van der Waals surface area (Å²) in [7, 11) is -3.86. The second kappa shape index (κ2) is 12.5. The van der Waals surface area contributed by atoms with E-state index in [0.717, 1.165) is 40.3 Å². The molecule has 3 heterocycles. The fourth-order valence-corrected chi connectivity index (χ4v) is 7.96. The average molecular weight is 636 g/mol. The van der Waals surface area contributed by atoms with Crippen molar-refractivity contribution in [2.24, 2.45) is 5.92 Å². The van der Waals surface area contributed by atoms with Gasteiger partial charge < -0.3 is 10.4 Å². The van der Waals surface area contributed by atoms with Gasteiger partial charge in [0, 0.05) is 30.3 Å². The summed E-state index contributed by atoms with van der Waals surface area (Å²) in [5, 5.41) is 21.5. The molecule has 4 aromatic rings. The van der Waals surface area contributed by atoms with Crippen LogP contribution >= 0.6 is 11.3 Å². The molecule has 2 aromatic heterocycles. The quantitative estimate of drug-likeness (QED) is 0.202. The molecule has 2 aromatic carbocycles. The summed E-state index contributed by atoms with van der Waals surface area (Å²) in [4.78, 5) is 24.3. The number of sulfonamides is 1. The lowest BCUT2D eigenvalue weighted by Crippen LogP contribution is -2.39. The molecule has 44 heavy (non-hydrogen) atoms. The zero-order chi connectivity index (χ0) is 31.6. The predicted octanol–water partition coefficient (Wildman–Crippen LogP) is 6.53. The van der Waals surface area contributed by atoms with E-state index in [4.69, 9.17) is 5.10 Å². The Morgan fingerprint density at radius 1 is 1.02 bits per heavy atom. The number of piperidine rings is 1. The van der Waals surface area contributed by atoms with Crippen molar-refractivity contribution >= 4 is 44.9 Å². The molecular weight excluding hydrogens is 599 g/mol. The number of hydrogen-bond donors (Lipinski definition) is 3.